The van der Waals surface area contributed by atoms with Gasteiger partial charge in [0.15, 0.2) is 16.2 Å². The monoisotopic (exact) mass is 395 g/mol. The molecule has 28 heavy (non-hydrogen) atoms. The molecule has 0 aliphatic carbocycles. The molecule has 0 bridgehead atoms. The minimum atomic E-state index is -0.531. The molecule has 3 N–H and O–H groups in total. The van der Waals surface area contributed by atoms with E-state index in [1.54, 1.807) is 22.8 Å². The second kappa shape index (κ2) is 7.28. The molecule has 142 valence electrons. The van der Waals surface area contributed by atoms with E-state index in [1.807, 2.05) is 31.2 Å². The van der Waals surface area contributed by atoms with Crippen LogP contribution in [0.2, 0.25) is 0 Å². The van der Waals surface area contributed by atoms with E-state index in [1.165, 1.54) is 0 Å². The van der Waals surface area contributed by atoms with E-state index in [0.29, 0.717) is 33.9 Å². The first-order valence-electron chi connectivity index (χ1n) is 8.64. The Hall–Kier alpha value is -3.46. The summed E-state index contributed by atoms with van der Waals surface area (Å²) in [6, 6.07) is 12.9. The van der Waals surface area contributed by atoms with Crippen molar-refractivity contribution in [1.29, 1.82) is 0 Å². The quantitative estimate of drug-likeness (QED) is 0.449. The van der Waals surface area contributed by atoms with E-state index >= 15 is 0 Å². The van der Waals surface area contributed by atoms with Crippen LogP contribution in [0.4, 0.5) is 5.69 Å². The van der Waals surface area contributed by atoms with Crippen molar-refractivity contribution in [2.45, 2.75) is 19.9 Å². The molecule has 2 heterocycles. The number of H-pyrrole nitrogens is 2. The predicted molar refractivity (Wildman–Crippen MR) is 108 cm³/mol. The first kappa shape index (κ1) is 17.9. The number of hydrogen-bond acceptors (Lipinski definition) is 5. The van der Waals surface area contributed by atoms with Gasteiger partial charge in [-0.3, -0.25) is 19.4 Å². The lowest BCUT2D eigenvalue weighted by Crippen LogP contribution is -2.15. The van der Waals surface area contributed by atoms with Gasteiger partial charge in [-0.05, 0) is 43.4 Å². The van der Waals surface area contributed by atoms with Crippen molar-refractivity contribution in [2.75, 3.05) is 5.32 Å². The van der Waals surface area contributed by atoms with E-state index in [0.717, 1.165) is 11.1 Å². The fraction of sp³-hybridized carbons (Fsp3) is 0.158. The van der Waals surface area contributed by atoms with Gasteiger partial charge in [0.2, 0.25) is 5.91 Å². The second-order valence-electron chi connectivity index (χ2n) is 6.40. The fourth-order valence-electron chi connectivity index (χ4n) is 3.00. The van der Waals surface area contributed by atoms with E-state index in [-0.39, 0.29) is 12.3 Å². The number of nitrogens with one attached hydrogen (secondary N) is 3. The van der Waals surface area contributed by atoms with E-state index in [4.69, 9.17) is 16.6 Å². The molecule has 0 fully saturated rings. The molecule has 1 amide bonds. The maximum absolute atomic E-state index is 12.4. The van der Waals surface area contributed by atoms with E-state index in [9.17, 15) is 9.59 Å². The third-order valence-corrected chi connectivity index (χ3v) is 4.61. The normalized spacial score (nSPS) is 11.0. The van der Waals surface area contributed by atoms with Crippen molar-refractivity contribution in [3.05, 3.63) is 63.3 Å². The second-order valence-corrected chi connectivity index (χ2v) is 6.78. The molecule has 0 aliphatic heterocycles. The highest BCUT2D eigenvalue weighted by Crippen LogP contribution is 2.19. The van der Waals surface area contributed by atoms with Crippen LogP contribution in [0.25, 0.3) is 22.5 Å². The molecule has 0 saturated carbocycles. The van der Waals surface area contributed by atoms with Gasteiger partial charge >= 0.3 is 5.76 Å². The van der Waals surface area contributed by atoms with Crippen molar-refractivity contribution < 1.29 is 9.21 Å². The van der Waals surface area contributed by atoms with Crippen LogP contribution >= 0.6 is 12.2 Å². The first-order chi connectivity index (χ1) is 13.5. The van der Waals surface area contributed by atoms with Gasteiger partial charge in [0.05, 0.1) is 5.52 Å². The molecule has 0 spiro atoms. The highest BCUT2D eigenvalue weighted by atomic mass is 32.1. The lowest BCUT2D eigenvalue weighted by Gasteiger charge is -2.08. The molecule has 0 atom stereocenters. The van der Waals surface area contributed by atoms with Crippen molar-refractivity contribution in [3.8, 4) is 11.4 Å². The number of oxazole rings is 1. The van der Waals surface area contributed by atoms with Gasteiger partial charge in [-0.15, -0.1) is 0 Å². The number of nitrogens with zero attached hydrogens (tertiary/aromatic N) is 2. The highest BCUT2D eigenvalue weighted by Gasteiger charge is 2.11. The molecule has 9 heteroatoms. The average Bonchev–Trinajstić information content (AvgIpc) is 3.21. The summed E-state index contributed by atoms with van der Waals surface area (Å²) in [5, 5.41) is 9.90. The Kier molecular flexibility index (Phi) is 4.66. The van der Waals surface area contributed by atoms with Crippen LogP contribution in [0, 0.1) is 11.7 Å². The van der Waals surface area contributed by atoms with Gasteiger partial charge in [-0.25, -0.2) is 4.79 Å². The topological polar surface area (TPSA) is 109 Å². The number of hydrogen-bond donors (Lipinski definition) is 3. The minimum absolute atomic E-state index is 0.177. The Morgan fingerprint density at radius 1 is 1.29 bits per heavy atom. The predicted octanol–water partition coefficient (Wildman–Crippen LogP) is 3.38. The highest BCUT2D eigenvalue weighted by molar-refractivity contribution is 7.71. The van der Waals surface area contributed by atoms with Crippen molar-refractivity contribution in [2.24, 2.45) is 0 Å². The number of amides is 1. The third-order valence-electron chi connectivity index (χ3n) is 4.30. The lowest BCUT2D eigenvalue weighted by atomic mass is 10.1. The maximum Gasteiger partial charge on any atom is 0.417 e. The molecule has 0 aliphatic rings. The van der Waals surface area contributed by atoms with Gasteiger partial charge in [0.1, 0.15) is 0 Å². The summed E-state index contributed by atoms with van der Waals surface area (Å²) in [4.78, 5) is 26.2. The van der Waals surface area contributed by atoms with E-state index < -0.39 is 5.76 Å². The summed E-state index contributed by atoms with van der Waals surface area (Å²) in [5.41, 5.74) is 3.59. The first-order valence-corrected chi connectivity index (χ1v) is 9.05. The van der Waals surface area contributed by atoms with Gasteiger partial charge < -0.3 is 9.73 Å². The molecule has 2 aromatic carbocycles. The zero-order valence-corrected chi connectivity index (χ0v) is 15.8. The zero-order valence-electron chi connectivity index (χ0n) is 15.0. The number of carbonyl (C=O) groups is 1. The largest absolute Gasteiger partial charge is 0.417 e. The molecule has 0 saturated heterocycles. The molecular weight excluding hydrogens is 378 g/mol. The molecule has 8 nitrogen and oxygen atoms in total. The number of fused-ring (bicyclic) bond motifs is 1. The number of aromatic nitrogens is 4. The third kappa shape index (κ3) is 3.65. The number of aryl methyl sites for hydroxylation is 1. The summed E-state index contributed by atoms with van der Waals surface area (Å²) in [6.45, 7) is 2.39. The van der Waals surface area contributed by atoms with Crippen LogP contribution in [0.1, 0.15) is 12.0 Å². The summed E-state index contributed by atoms with van der Waals surface area (Å²) in [5.74, 6) is -0.0149. The Labute approximate surface area is 164 Å². The van der Waals surface area contributed by atoms with Crippen LogP contribution in [0.3, 0.4) is 0 Å². The smallest absolute Gasteiger partial charge is 0.408 e. The standard InChI is InChI=1S/C19H17N5O3S/c1-11-3-2-4-12(9-11)17-22-23-18(28)24(17)8-7-16(25)20-13-5-6-15-14(10-13)21-19(26)27-15/h2-6,9-10H,7-8H2,1H3,(H,20,25)(H,21,26)(H,23,28). The number of anilines is 1. The van der Waals surface area contributed by atoms with Crippen molar-refractivity contribution in [1.82, 2.24) is 19.7 Å². The number of aromatic amines is 2. The molecule has 4 rings (SSSR count). The molecule has 2 aromatic heterocycles. The van der Waals surface area contributed by atoms with Crippen molar-refractivity contribution in [3.63, 3.8) is 0 Å². The lowest BCUT2D eigenvalue weighted by molar-refractivity contribution is -0.116. The van der Waals surface area contributed by atoms with Crippen LogP contribution < -0.4 is 11.1 Å². The molecule has 0 unspecified atom stereocenters. The number of carbonyl (C=O) groups excluding carboxylic acids is 1. The summed E-state index contributed by atoms with van der Waals surface area (Å²) >= 11 is 5.31. The summed E-state index contributed by atoms with van der Waals surface area (Å²) in [7, 11) is 0. The number of rotatable bonds is 5. The van der Waals surface area contributed by atoms with Crippen LogP contribution in [0.5, 0.6) is 0 Å². The van der Waals surface area contributed by atoms with Gasteiger partial charge in [-0.1, -0.05) is 23.8 Å². The van der Waals surface area contributed by atoms with Crippen molar-refractivity contribution >= 4 is 34.9 Å². The Morgan fingerprint density at radius 3 is 2.96 bits per heavy atom. The minimum Gasteiger partial charge on any atom is -0.408 e. The van der Waals surface area contributed by atoms with Crippen LogP contribution in [-0.2, 0) is 11.3 Å². The SMILES string of the molecule is Cc1cccc(-c2n[nH]c(=S)n2CCC(=O)Nc2ccc3oc(=O)[nH]c3c2)c1. The van der Waals surface area contributed by atoms with Crippen LogP contribution in [0.15, 0.2) is 51.7 Å². The van der Waals surface area contributed by atoms with Crippen LogP contribution in [-0.4, -0.2) is 25.7 Å². The summed E-state index contributed by atoms with van der Waals surface area (Å²) in [6.07, 6.45) is 0.215. The molecular formula is C19H17N5O3S. The average molecular weight is 395 g/mol. The number of benzene rings is 2. The molecule has 4 aromatic rings. The summed E-state index contributed by atoms with van der Waals surface area (Å²) < 4.78 is 7.22. The fourth-order valence-corrected chi connectivity index (χ4v) is 3.22. The molecule has 0 radical (unpaired) electrons. The van der Waals surface area contributed by atoms with E-state index in [2.05, 4.69) is 20.5 Å². The van der Waals surface area contributed by atoms with Gasteiger partial charge in [0, 0.05) is 24.2 Å². The van der Waals surface area contributed by atoms with Gasteiger partial charge in [-0.2, -0.15) is 5.10 Å². The Morgan fingerprint density at radius 2 is 2.14 bits per heavy atom. The maximum atomic E-state index is 12.4. The van der Waals surface area contributed by atoms with Gasteiger partial charge in [0.25, 0.3) is 0 Å². The Balaban J connectivity index is 1.48. The Bertz CT molecular complexity index is 1280. The zero-order chi connectivity index (χ0) is 19.7.